The number of nitrogens with one attached hydrogen (secondary N) is 1. The third-order valence-corrected chi connectivity index (χ3v) is 7.21. The molecule has 0 radical (unpaired) electrons. The van der Waals surface area contributed by atoms with Crippen molar-refractivity contribution in [1.29, 1.82) is 0 Å². The number of nitrogens with zero attached hydrogens (tertiary/aromatic N) is 1. The normalized spacial score (nSPS) is 15.0. The molecule has 9 heteroatoms. The van der Waals surface area contributed by atoms with E-state index in [0.29, 0.717) is 0 Å². The Morgan fingerprint density at radius 2 is 1.62 bits per heavy atom. The van der Waals surface area contributed by atoms with Gasteiger partial charge in [-0.05, 0) is 35.2 Å². The number of hydrogen-bond acceptors (Lipinski definition) is 6. The zero-order chi connectivity index (χ0) is 26.7. The molecule has 4 rings (SSSR count). The number of fused-ring (bicyclic) bond motifs is 3. The monoisotopic (exact) mass is 508 g/mol. The Hall–Kier alpha value is -3.82. The SMILES string of the molecule is COC(OC)C(C)[C@](C)(NC(=O)OCC1c2ccccc2-c2ccccc21)c1cc([N+](=O)[O-])ccc1F. The number of alkyl carbamates (subject to hydrolysis) is 1. The van der Waals surface area contributed by atoms with E-state index in [1.807, 2.05) is 48.5 Å². The lowest BCUT2D eigenvalue weighted by Gasteiger charge is -2.39. The van der Waals surface area contributed by atoms with Crippen LogP contribution in [-0.2, 0) is 19.7 Å². The summed E-state index contributed by atoms with van der Waals surface area (Å²) in [4.78, 5) is 24.0. The molecule has 194 valence electrons. The summed E-state index contributed by atoms with van der Waals surface area (Å²) in [6.07, 6.45) is -1.65. The average molecular weight is 509 g/mol. The summed E-state index contributed by atoms with van der Waals surface area (Å²) in [6, 6.07) is 19.1. The van der Waals surface area contributed by atoms with Gasteiger partial charge >= 0.3 is 6.09 Å². The van der Waals surface area contributed by atoms with Gasteiger partial charge in [-0.1, -0.05) is 55.5 Å². The van der Waals surface area contributed by atoms with Gasteiger partial charge in [0.05, 0.1) is 10.5 Å². The van der Waals surface area contributed by atoms with E-state index in [2.05, 4.69) is 5.32 Å². The van der Waals surface area contributed by atoms with Crippen molar-refractivity contribution in [2.45, 2.75) is 31.6 Å². The summed E-state index contributed by atoms with van der Waals surface area (Å²) in [6.45, 7) is 3.31. The van der Waals surface area contributed by atoms with E-state index < -0.39 is 34.6 Å². The number of nitro groups is 1. The molecule has 0 fully saturated rings. The van der Waals surface area contributed by atoms with Gasteiger partial charge in [-0.25, -0.2) is 9.18 Å². The molecule has 0 aromatic heterocycles. The van der Waals surface area contributed by atoms with Crippen LogP contribution >= 0.6 is 0 Å². The van der Waals surface area contributed by atoms with Crippen molar-refractivity contribution >= 4 is 11.8 Å². The molecule has 1 N–H and O–H groups in total. The first-order valence-corrected chi connectivity index (χ1v) is 11.8. The number of rotatable bonds is 9. The van der Waals surface area contributed by atoms with Crippen LogP contribution in [0.15, 0.2) is 66.7 Å². The standard InChI is InChI=1S/C28H29FN2O6/c1-17(26(35-3)36-4)28(2,24-15-18(31(33)34)13-14-25(24)29)30-27(32)37-16-23-21-11-7-5-9-19(21)20-10-6-8-12-22(20)23/h5-15,17,23,26H,16H2,1-4H3,(H,30,32)/t17?,28-/m0/s1. The van der Waals surface area contributed by atoms with Gasteiger partial charge in [0.1, 0.15) is 12.4 Å². The van der Waals surface area contributed by atoms with E-state index in [1.165, 1.54) is 14.2 Å². The Morgan fingerprint density at radius 3 is 2.16 bits per heavy atom. The number of carbonyl (C=O) groups excluding carboxylic acids is 1. The topological polar surface area (TPSA) is 99.9 Å². The largest absolute Gasteiger partial charge is 0.449 e. The molecule has 2 atom stereocenters. The van der Waals surface area contributed by atoms with E-state index in [1.54, 1.807) is 13.8 Å². The number of hydrogen-bond donors (Lipinski definition) is 1. The third-order valence-electron chi connectivity index (χ3n) is 7.21. The van der Waals surface area contributed by atoms with Gasteiger partial charge in [-0.3, -0.25) is 10.1 Å². The molecule has 0 saturated carbocycles. The van der Waals surface area contributed by atoms with Crippen LogP contribution in [0.1, 0.15) is 36.5 Å². The lowest BCUT2D eigenvalue weighted by atomic mass is 9.79. The quantitative estimate of drug-likeness (QED) is 0.225. The van der Waals surface area contributed by atoms with Crippen molar-refractivity contribution in [2.24, 2.45) is 5.92 Å². The predicted molar refractivity (Wildman–Crippen MR) is 136 cm³/mol. The zero-order valence-electron chi connectivity index (χ0n) is 21.1. The maximum absolute atomic E-state index is 15.1. The van der Waals surface area contributed by atoms with Gasteiger partial charge in [0.15, 0.2) is 6.29 Å². The summed E-state index contributed by atoms with van der Waals surface area (Å²) in [7, 11) is 2.84. The molecule has 1 unspecified atom stereocenters. The number of ether oxygens (including phenoxy) is 3. The summed E-state index contributed by atoms with van der Waals surface area (Å²) < 4.78 is 31.5. The number of amides is 1. The van der Waals surface area contributed by atoms with Crippen LogP contribution in [0.5, 0.6) is 0 Å². The molecule has 0 bridgehead atoms. The van der Waals surface area contributed by atoms with Crippen molar-refractivity contribution < 1.29 is 28.3 Å². The lowest BCUT2D eigenvalue weighted by molar-refractivity contribution is -0.385. The average Bonchev–Trinajstić information content (AvgIpc) is 3.21. The van der Waals surface area contributed by atoms with Gasteiger partial charge in [0, 0.05) is 43.8 Å². The molecule has 1 aliphatic rings. The van der Waals surface area contributed by atoms with Crippen LogP contribution in [0.3, 0.4) is 0 Å². The molecule has 3 aromatic carbocycles. The van der Waals surface area contributed by atoms with Crippen LogP contribution in [0, 0.1) is 21.8 Å². The number of non-ortho nitro benzene ring substituents is 1. The first-order valence-electron chi connectivity index (χ1n) is 11.8. The maximum atomic E-state index is 15.1. The fourth-order valence-electron chi connectivity index (χ4n) is 5.07. The minimum absolute atomic E-state index is 0.0553. The molecule has 8 nitrogen and oxygen atoms in total. The second kappa shape index (κ2) is 10.7. The van der Waals surface area contributed by atoms with Crippen LogP contribution in [0.25, 0.3) is 11.1 Å². The number of methoxy groups -OCH3 is 2. The number of carbonyl (C=O) groups is 1. The summed E-state index contributed by atoms with van der Waals surface area (Å²) in [5.41, 5.74) is 2.42. The summed E-state index contributed by atoms with van der Waals surface area (Å²) in [5, 5.41) is 14.2. The second-order valence-corrected chi connectivity index (χ2v) is 9.20. The van der Waals surface area contributed by atoms with Gasteiger partial charge in [0.2, 0.25) is 0 Å². The minimum atomic E-state index is -1.48. The van der Waals surface area contributed by atoms with Gasteiger partial charge in [-0.2, -0.15) is 0 Å². The van der Waals surface area contributed by atoms with Crippen LogP contribution in [0.2, 0.25) is 0 Å². The highest BCUT2D eigenvalue weighted by molar-refractivity contribution is 5.79. The van der Waals surface area contributed by atoms with Crippen LogP contribution < -0.4 is 5.32 Å². The van der Waals surface area contributed by atoms with Crippen LogP contribution in [0.4, 0.5) is 14.9 Å². The van der Waals surface area contributed by atoms with E-state index >= 15 is 4.39 Å². The fourth-order valence-corrected chi connectivity index (χ4v) is 5.07. The van der Waals surface area contributed by atoms with Crippen LogP contribution in [-0.4, -0.2) is 38.1 Å². The van der Waals surface area contributed by atoms with E-state index in [-0.39, 0.29) is 23.8 Å². The zero-order valence-corrected chi connectivity index (χ0v) is 21.1. The Labute approximate surface area is 214 Å². The van der Waals surface area contributed by atoms with E-state index in [0.717, 1.165) is 40.5 Å². The van der Waals surface area contributed by atoms with Crippen molar-refractivity contribution in [3.63, 3.8) is 0 Å². The van der Waals surface area contributed by atoms with E-state index in [4.69, 9.17) is 14.2 Å². The number of nitro benzene ring substituents is 1. The van der Waals surface area contributed by atoms with Crippen molar-refractivity contribution in [2.75, 3.05) is 20.8 Å². The molecule has 0 spiro atoms. The predicted octanol–water partition coefficient (Wildman–Crippen LogP) is 5.74. The minimum Gasteiger partial charge on any atom is -0.449 e. The lowest BCUT2D eigenvalue weighted by Crippen LogP contribution is -2.53. The highest BCUT2D eigenvalue weighted by Crippen LogP contribution is 2.44. The maximum Gasteiger partial charge on any atom is 0.407 e. The Bertz CT molecular complexity index is 1270. The first-order chi connectivity index (χ1) is 17.7. The Kier molecular flexibility index (Phi) is 7.56. The van der Waals surface area contributed by atoms with Crippen molar-refractivity contribution in [1.82, 2.24) is 5.32 Å². The Balaban J connectivity index is 1.62. The molecular weight excluding hydrogens is 479 g/mol. The number of benzene rings is 3. The smallest absolute Gasteiger partial charge is 0.407 e. The van der Waals surface area contributed by atoms with Gasteiger partial charge < -0.3 is 19.5 Å². The van der Waals surface area contributed by atoms with Crippen molar-refractivity contribution in [3.8, 4) is 11.1 Å². The van der Waals surface area contributed by atoms with Gasteiger partial charge in [0.25, 0.3) is 5.69 Å². The molecule has 1 amide bonds. The molecule has 3 aromatic rings. The Morgan fingerprint density at radius 1 is 1.05 bits per heavy atom. The van der Waals surface area contributed by atoms with Crippen molar-refractivity contribution in [3.05, 3.63) is 99.4 Å². The molecule has 0 aliphatic heterocycles. The molecule has 1 aliphatic carbocycles. The summed E-state index contributed by atoms with van der Waals surface area (Å²) in [5.74, 6) is -1.55. The second-order valence-electron chi connectivity index (χ2n) is 9.20. The first kappa shape index (κ1) is 26.2. The summed E-state index contributed by atoms with van der Waals surface area (Å²) >= 11 is 0. The number of halogens is 1. The van der Waals surface area contributed by atoms with E-state index in [9.17, 15) is 14.9 Å². The van der Waals surface area contributed by atoms with Gasteiger partial charge in [-0.15, -0.1) is 0 Å². The molecular formula is C28H29FN2O6. The highest BCUT2D eigenvalue weighted by Gasteiger charge is 2.43. The molecule has 37 heavy (non-hydrogen) atoms. The molecule has 0 saturated heterocycles. The highest BCUT2D eigenvalue weighted by atomic mass is 19.1. The fraction of sp³-hybridized carbons (Fsp3) is 0.321. The third kappa shape index (κ3) is 4.92. The molecule has 0 heterocycles.